The Morgan fingerprint density at radius 1 is 1.43 bits per heavy atom. The fourth-order valence-corrected chi connectivity index (χ4v) is 1.88. The van der Waals surface area contributed by atoms with Gasteiger partial charge < -0.3 is 14.5 Å². The molecule has 0 aromatic rings. The maximum absolute atomic E-state index is 12.2. The Balaban J connectivity index is 2.78. The maximum atomic E-state index is 12.2. The van der Waals surface area contributed by atoms with Gasteiger partial charge in [-0.15, -0.1) is 11.6 Å². The van der Waals surface area contributed by atoms with Gasteiger partial charge in [0.2, 0.25) is 5.91 Å². The SMILES string of the molecule is C=CCO[C@@H]1C[C@@H](C(=O)N(C)C)N(OC(=O)C(F)(F)F)C1. The Hall–Kier alpha value is -1.61. The van der Waals surface area contributed by atoms with Crippen LogP contribution in [0.3, 0.4) is 0 Å². The van der Waals surface area contributed by atoms with Crippen molar-refractivity contribution in [2.75, 3.05) is 27.2 Å². The molecule has 1 aliphatic heterocycles. The molecule has 2 atom stereocenters. The van der Waals surface area contributed by atoms with Crippen molar-refractivity contribution < 1.29 is 32.3 Å². The molecule has 9 heteroatoms. The molecule has 0 bridgehead atoms. The van der Waals surface area contributed by atoms with E-state index < -0.39 is 30.2 Å². The lowest BCUT2D eigenvalue weighted by Crippen LogP contribution is -2.45. The summed E-state index contributed by atoms with van der Waals surface area (Å²) in [6.07, 6.45) is -4.02. The molecule has 0 spiro atoms. The summed E-state index contributed by atoms with van der Waals surface area (Å²) in [6.45, 7) is 3.53. The second-order valence-electron chi connectivity index (χ2n) is 4.70. The molecule has 0 aromatic heterocycles. The van der Waals surface area contributed by atoms with Crippen molar-refractivity contribution in [1.29, 1.82) is 0 Å². The van der Waals surface area contributed by atoms with Gasteiger partial charge in [0.05, 0.1) is 19.3 Å². The Kier molecular flexibility index (Phi) is 5.73. The number of hydrogen-bond acceptors (Lipinski definition) is 5. The summed E-state index contributed by atoms with van der Waals surface area (Å²) in [6, 6.07) is -0.999. The van der Waals surface area contributed by atoms with Crippen LogP contribution in [0.15, 0.2) is 12.7 Å². The van der Waals surface area contributed by atoms with Crippen molar-refractivity contribution >= 4 is 11.9 Å². The number of ether oxygens (including phenoxy) is 1. The van der Waals surface area contributed by atoms with Crippen LogP contribution in [0.5, 0.6) is 0 Å². The molecule has 0 N–H and O–H groups in total. The molecule has 0 aromatic carbocycles. The lowest BCUT2D eigenvalue weighted by Gasteiger charge is -2.24. The number of carbonyl (C=O) groups is 2. The van der Waals surface area contributed by atoms with Gasteiger partial charge in [-0.05, 0) is 0 Å². The monoisotopic (exact) mass is 310 g/mol. The molecule has 1 aliphatic rings. The fraction of sp³-hybridized carbons (Fsp3) is 0.667. The first-order valence-corrected chi connectivity index (χ1v) is 6.16. The first kappa shape index (κ1) is 17.4. The topological polar surface area (TPSA) is 59.1 Å². The lowest BCUT2D eigenvalue weighted by atomic mass is 10.2. The largest absolute Gasteiger partial charge is 0.492 e. The third-order valence-electron chi connectivity index (χ3n) is 2.82. The molecule has 120 valence electrons. The summed E-state index contributed by atoms with van der Waals surface area (Å²) in [5.41, 5.74) is 0. The number of alkyl halides is 3. The molecular formula is C12H17F3N2O4. The van der Waals surface area contributed by atoms with Crippen LogP contribution < -0.4 is 0 Å². The summed E-state index contributed by atoms with van der Waals surface area (Å²) in [7, 11) is 2.92. The molecule has 0 saturated carbocycles. The Labute approximate surface area is 120 Å². The van der Waals surface area contributed by atoms with Crippen LogP contribution in [0.25, 0.3) is 0 Å². The van der Waals surface area contributed by atoms with Gasteiger partial charge in [0.15, 0.2) is 0 Å². The van der Waals surface area contributed by atoms with Gasteiger partial charge >= 0.3 is 12.1 Å². The lowest BCUT2D eigenvalue weighted by molar-refractivity contribution is -0.242. The molecule has 1 saturated heterocycles. The van der Waals surface area contributed by atoms with Crippen LogP contribution >= 0.6 is 0 Å². The first-order chi connectivity index (χ1) is 9.66. The number of halogens is 3. The molecule has 1 rings (SSSR count). The van der Waals surface area contributed by atoms with Crippen molar-refractivity contribution in [3.63, 3.8) is 0 Å². The predicted octanol–water partition coefficient (Wildman–Crippen LogP) is 0.741. The van der Waals surface area contributed by atoms with Crippen molar-refractivity contribution in [3.05, 3.63) is 12.7 Å². The summed E-state index contributed by atoms with van der Waals surface area (Å²) < 4.78 is 42.1. The van der Waals surface area contributed by atoms with Gasteiger partial charge in [-0.25, -0.2) is 4.79 Å². The Bertz CT molecular complexity index is 412. The van der Waals surface area contributed by atoms with Crippen molar-refractivity contribution in [1.82, 2.24) is 9.96 Å². The smallest absolute Gasteiger partial charge is 0.373 e. The third kappa shape index (κ3) is 4.71. The van der Waals surface area contributed by atoms with E-state index >= 15 is 0 Å². The highest BCUT2D eigenvalue weighted by Gasteiger charge is 2.47. The van der Waals surface area contributed by atoms with E-state index in [1.54, 1.807) is 0 Å². The molecule has 0 unspecified atom stereocenters. The van der Waals surface area contributed by atoms with E-state index in [1.165, 1.54) is 25.1 Å². The van der Waals surface area contributed by atoms with E-state index in [2.05, 4.69) is 11.4 Å². The van der Waals surface area contributed by atoms with E-state index in [4.69, 9.17) is 4.74 Å². The van der Waals surface area contributed by atoms with Crippen LogP contribution in [0.2, 0.25) is 0 Å². The van der Waals surface area contributed by atoms with E-state index in [0.29, 0.717) is 0 Å². The van der Waals surface area contributed by atoms with Gasteiger partial charge in [-0.3, -0.25) is 4.79 Å². The average molecular weight is 310 g/mol. The second-order valence-corrected chi connectivity index (χ2v) is 4.70. The van der Waals surface area contributed by atoms with Gasteiger partial charge in [0, 0.05) is 20.5 Å². The van der Waals surface area contributed by atoms with Crippen LogP contribution in [-0.2, 0) is 19.2 Å². The Morgan fingerprint density at radius 2 is 2.05 bits per heavy atom. The molecule has 0 radical (unpaired) electrons. The number of rotatable bonds is 5. The summed E-state index contributed by atoms with van der Waals surface area (Å²) >= 11 is 0. The molecule has 1 amide bonds. The van der Waals surface area contributed by atoms with Gasteiger partial charge in [-0.2, -0.15) is 13.2 Å². The van der Waals surface area contributed by atoms with Gasteiger partial charge in [0.1, 0.15) is 6.04 Å². The molecule has 0 aliphatic carbocycles. The molecule has 1 heterocycles. The van der Waals surface area contributed by atoms with E-state index in [1.807, 2.05) is 0 Å². The highest BCUT2D eigenvalue weighted by molar-refractivity contribution is 5.82. The number of likely N-dealkylation sites (N-methyl/N-ethyl adjacent to an activating group) is 1. The highest BCUT2D eigenvalue weighted by Crippen LogP contribution is 2.25. The normalized spacial score (nSPS) is 22.9. The van der Waals surface area contributed by atoms with Crippen LogP contribution in [0.4, 0.5) is 13.2 Å². The average Bonchev–Trinajstić information content (AvgIpc) is 2.77. The number of nitrogens with zero attached hydrogens (tertiary/aromatic N) is 2. The predicted molar refractivity (Wildman–Crippen MR) is 65.9 cm³/mol. The second kappa shape index (κ2) is 6.90. The minimum atomic E-state index is -5.12. The van der Waals surface area contributed by atoms with E-state index in [9.17, 15) is 22.8 Å². The zero-order valence-electron chi connectivity index (χ0n) is 11.7. The van der Waals surface area contributed by atoms with E-state index in [0.717, 1.165) is 5.06 Å². The minimum Gasteiger partial charge on any atom is -0.373 e. The number of hydrogen-bond donors (Lipinski definition) is 0. The minimum absolute atomic E-state index is 0.111. The number of amides is 1. The standard InChI is InChI=1S/C12H17F3N2O4/c1-4-5-20-8-6-9(10(18)16(2)3)17(7-8)21-11(19)12(13,14)15/h4,8-9H,1,5-7H2,2-3H3/t8-,9+/m1/s1. The van der Waals surface area contributed by atoms with E-state index in [-0.39, 0.29) is 19.6 Å². The molecule has 1 fully saturated rings. The number of carbonyl (C=O) groups excluding carboxylic acids is 2. The van der Waals surface area contributed by atoms with Gasteiger partial charge in [-0.1, -0.05) is 6.08 Å². The van der Waals surface area contributed by atoms with Crippen molar-refractivity contribution in [2.45, 2.75) is 24.7 Å². The zero-order chi connectivity index (χ0) is 16.2. The fourth-order valence-electron chi connectivity index (χ4n) is 1.88. The van der Waals surface area contributed by atoms with Crippen molar-refractivity contribution in [2.24, 2.45) is 0 Å². The summed E-state index contributed by atoms with van der Waals surface area (Å²) in [5, 5.41) is 0.728. The van der Waals surface area contributed by atoms with Gasteiger partial charge in [0.25, 0.3) is 0 Å². The highest BCUT2D eigenvalue weighted by atomic mass is 19.4. The van der Waals surface area contributed by atoms with Crippen LogP contribution in [0.1, 0.15) is 6.42 Å². The Morgan fingerprint density at radius 3 is 2.52 bits per heavy atom. The summed E-state index contributed by atoms with van der Waals surface area (Å²) in [4.78, 5) is 28.4. The molecular weight excluding hydrogens is 293 g/mol. The van der Waals surface area contributed by atoms with Crippen LogP contribution in [0, 0.1) is 0 Å². The van der Waals surface area contributed by atoms with Crippen LogP contribution in [-0.4, -0.2) is 67.4 Å². The zero-order valence-corrected chi connectivity index (χ0v) is 11.7. The molecule has 6 nitrogen and oxygen atoms in total. The van der Waals surface area contributed by atoms with Crippen molar-refractivity contribution in [3.8, 4) is 0 Å². The first-order valence-electron chi connectivity index (χ1n) is 6.16. The third-order valence-corrected chi connectivity index (χ3v) is 2.82. The quantitative estimate of drug-likeness (QED) is 0.701. The maximum Gasteiger partial charge on any atom is 0.492 e. The molecule has 21 heavy (non-hydrogen) atoms. The summed E-state index contributed by atoms with van der Waals surface area (Å²) in [5.74, 6) is -2.82. The number of hydroxylamine groups is 2.